The molecule has 0 heterocycles. The van der Waals surface area contributed by atoms with Crippen LogP contribution in [0, 0.1) is 19.7 Å². The van der Waals surface area contributed by atoms with Crippen molar-refractivity contribution in [1.29, 1.82) is 0 Å². The molecule has 2 aromatic rings. The van der Waals surface area contributed by atoms with Crippen LogP contribution >= 0.6 is 15.9 Å². The van der Waals surface area contributed by atoms with Crippen LogP contribution in [0.2, 0.25) is 0 Å². The second-order valence-corrected chi connectivity index (χ2v) is 6.34. The molecule has 0 saturated carbocycles. The molecule has 0 spiro atoms. The Morgan fingerprint density at radius 1 is 1.25 bits per heavy atom. The summed E-state index contributed by atoms with van der Waals surface area (Å²) in [7, 11) is 0. The molecule has 0 aromatic heterocycles. The van der Waals surface area contributed by atoms with Crippen molar-refractivity contribution in [2.75, 3.05) is 5.32 Å². The smallest absolute Gasteiger partial charge is 0.126 e. The van der Waals surface area contributed by atoms with E-state index in [2.05, 4.69) is 47.2 Å². The minimum Gasteiger partial charge on any atom is -0.377 e. The van der Waals surface area contributed by atoms with Gasteiger partial charge in [0, 0.05) is 4.47 Å². The highest BCUT2D eigenvalue weighted by Gasteiger charge is 2.25. The van der Waals surface area contributed by atoms with Gasteiger partial charge in [-0.15, -0.1) is 0 Å². The van der Waals surface area contributed by atoms with Crippen LogP contribution in [0.5, 0.6) is 0 Å². The lowest BCUT2D eigenvalue weighted by Gasteiger charge is -2.19. The van der Waals surface area contributed by atoms with Gasteiger partial charge in [0.25, 0.3) is 0 Å². The van der Waals surface area contributed by atoms with Crippen molar-refractivity contribution < 1.29 is 4.39 Å². The van der Waals surface area contributed by atoms with E-state index in [9.17, 15) is 4.39 Å². The van der Waals surface area contributed by atoms with E-state index in [1.807, 2.05) is 6.07 Å². The van der Waals surface area contributed by atoms with Crippen molar-refractivity contribution in [1.82, 2.24) is 0 Å². The van der Waals surface area contributed by atoms with Gasteiger partial charge in [0.1, 0.15) is 5.82 Å². The van der Waals surface area contributed by atoms with E-state index in [1.165, 1.54) is 11.1 Å². The van der Waals surface area contributed by atoms with Gasteiger partial charge in [0.05, 0.1) is 11.7 Å². The Balaban J connectivity index is 1.94. The van der Waals surface area contributed by atoms with Crippen LogP contribution in [0.4, 0.5) is 10.1 Å². The maximum absolute atomic E-state index is 13.8. The second-order valence-electron chi connectivity index (χ2n) is 5.48. The minimum atomic E-state index is -0.0773. The number of hydrogen-bond donors (Lipinski definition) is 1. The predicted molar refractivity (Wildman–Crippen MR) is 84.7 cm³/mol. The third-order valence-electron chi connectivity index (χ3n) is 3.96. The maximum Gasteiger partial charge on any atom is 0.126 e. The van der Waals surface area contributed by atoms with Crippen molar-refractivity contribution in [3.05, 3.63) is 62.9 Å². The average molecular weight is 334 g/mol. The van der Waals surface area contributed by atoms with Gasteiger partial charge in [-0.25, -0.2) is 4.39 Å². The minimum absolute atomic E-state index is 0.0773. The molecule has 3 heteroatoms. The van der Waals surface area contributed by atoms with E-state index in [0.717, 1.165) is 34.1 Å². The molecular formula is C17H17BrFN. The first-order valence-electron chi connectivity index (χ1n) is 6.87. The van der Waals surface area contributed by atoms with Gasteiger partial charge in [-0.1, -0.05) is 18.2 Å². The van der Waals surface area contributed by atoms with Crippen LogP contribution in [-0.4, -0.2) is 0 Å². The van der Waals surface area contributed by atoms with Crippen molar-refractivity contribution in [2.45, 2.75) is 32.7 Å². The normalized spacial score (nSPS) is 17.1. The molecule has 0 fully saturated rings. The summed E-state index contributed by atoms with van der Waals surface area (Å²) in [5.41, 5.74) is 5.51. The number of rotatable bonds is 2. The number of hydrogen-bond acceptors (Lipinski definition) is 1. The zero-order valence-electron chi connectivity index (χ0n) is 11.6. The zero-order valence-corrected chi connectivity index (χ0v) is 13.2. The van der Waals surface area contributed by atoms with Gasteiger partial charge in [0.2, 0.25) is 0 Å². The molecule has 0 bridgehead atoms. The van der Waals surface area contributed by atoms with E-state index in [4.69, 9.17) is 0 Å². The molecule has 1 aliphatic carbocycles. The van der Waals surface area contributed by atoms with E-state index < -0.39 is 0 Å². The van der Waals surface area contributed by atoms with Crippen LogP contribution in [0.15, 0.2) is 34.8 Å². The summed E-state index contributed by atoms with van der Waals surface area (Å²) < 4.78 is 14.8. The molecule has 0 radical (unpaired) electrons. The highest BCUT2D eigenvalue weighted by Crippen LogP contribution is 2.38. The average Bonchev–Trinajstić information content (AvgIpc) is 2.78. The number of halogens is 2. The monoisotopic (exact) mass is 333 g/mol. The van der Waals surface area contributed by atoms with E-state index in [0.29, 0.717) is 0 Å². The Kier molecular flexibility index (Phi) is 3.55. The quantitative estimate of drug-likeness (QED) is 0.785. The summed E-state index contributed by atoms with van der Waals surface area (Å²) in [6.45, 7) is 4.18. The second kappa shape index (κ2) is 5.21. The van der Waals surface area contributed by atoms with Crippen LogP contribution < -0.4 is 5.32 Å². The van der Waals surface area contributed by atoms with Crippen molar-refractivity contribution in [3.8, 4) is 0 Å². The molecule has 0 amide bonds. The van der Waals surface area contributed by atoms with E-state index in [1.54, 1.807) is 12.1 Å². The highest BCUT2D eigenvalue weighted by molar-refractivity contribution is 9.10. The van der Waals surface area contributed by atoms with E-state index >= 15 is 0 Å². The molecular weight excluding hydrogens is 317 g/mol. The molecule has 1 unspecified atom stereocenters. The highest BCUT2D eigenvalue weighted by atomic mass is 79.9. The number of nitrogens with one attached hydrogen (secondary N) is 1. The molecule has 104 valence electrons. The molecule has 20 heavy (non-hydrogen) atoms. The molecule has 1 N–H and O–H groups in total. The number of aryl methyl sites for hydroxylation is 2. The number of benzene rings is 2. The molecule has 0 aliphatic heterocycles. The molecule has 0 saturated heterocycles. The Labute approximate surface area is 127 Å². The summed E-state index contributed by atoms with van der Waals surface area (Å²) in [5, 5.41) is 3.57. The number of anilines is 1. The summed E-state index contributed by atoms with van der Waals surface area (Å²) >= 11 is 3.62. The Hall–Kier alpha value is -1.35. The van der Waals surface area contributed by atoms with Gasteiger partial charge < -0.3 is 5.32 Å². The molecule has 2 aromatic carbocycles. The molecule has 1 aliphatic rings. The fraction of sp³-hybridized carbons (Fsp3) is 0.294. The van der Waals surface area contributed by atoms with Crippen molar-refractivity contribution in [2.24, 2.45) is 0 Å². The Morgan fingerprint density at radius 3 is 2.80 bits per heavy atom. The first-order valence-corrected chi connectivity index (χ1v) is 7.66. The SMILES string of the molecule is Cc1cc(C)c(NC2CCc3c(F)cccc32)c(Br)c1. The standard InChI is InChI=1S/C17H17BrFN/c1-10-8-11(2)17(14(18)9-10)20-16-7-6-12-13(16)4-3-5-15(12)19/h3-5,8-9,16,20H,6-7H2,1-2H3. The lowest BCUT2D eigenvalue weighted by Crippen LogP contribution is -2.09. The lowest BCUT2D eigenvalue weighted by molar-refractivity contribution is 0.612. The van der Waals surface area contributed by atoms with Gasteiger partial charge in [-0.3, -0.25) is 0 Å². The third-order valence-corrected chi connectivity index (χ3v) is 4.59. The van der Waals surface area contributed by atoms with E-state index in [-0.39, 0.29) is 11.9 Å². The largest absolute Gasteiger partial charge is 0.377 e. The Bertz CT molecular complexity index is 643. The molecule has 1 nitrogen and oxygen atoms in total. The van der Waals surface area contributed by atoms with Crippen LogP contribution in [0.25, 0.3) is 0 Å². The first kappa shape index (κ1) is 13.6. The van der Waals surface area contributed by atoms with Gasteiger partial charge >= 0.3 is 0 Å². The fourth-order valence-corrected chi connectivity index (χ4v) is 3.82. The van der Waals surface area contributed by atoms with Gasteiger partial charge in [-0.2, -0.15) is 0 Å². The van der Waals surface area contributed by atoms with Crippen molar-refractivity contribution >= 4 is 21.6 Å². The maximum atomic E-state index is 13.8. The summed E-state index contributed by atoms with van der Waals surface area (Å²) in [6.07, 6.45) is 1.75. The number of fused-ring (bicyclic) bond motifs is 1. The zero-order chi connectivity index (χ0) is 14.3. The van der Waals surface area contributed by atoms with Gasteiger partial charge in [-0.05, 0) is 77.0 Å². The summed E-state index contributed by atoms with van der Waals surface area (Å²) in [5.74, 6) is -0.0773. The summed E-state index contributed by atoms with van der Waals surface area (Å²) in [6, 6.07) is 9.84. The molecule has 3 rings (SSSR count). The first-order chi connectivity index (χ1) is 9.56. The molecule has 1 atom stereocenters. The Morgan fingerprint density at radius 2 is 2.05 bits per heavy atom. The van der Waals surface area contributed by atoms with Crippen LogP contribution in [0.3, 0.4) is 0 Å². The topological polar surface area (TPSA) is 12.0 Å². The van der Waals surface area contributed by atoms with Crippen molar-refractivity contribution in [3.63, 3.8) is 0 Å². The van der Waals surface area contributed by atoms with Gasteiger partial charge in [0.15, 0.2) is 0 Å². The van der Waals surface area contributed by atoms with Crippen LogP contribution in [0.1, 0.15) is 34.7 Å². The lowest BCUT2D eigenvalue weighted by atomic mass is 10.1. The predicted octanol–water partition coefficient (Wildman–Crippen LogP) is 5.30. The fourth-order valence-electron chi connectivity index (χ4n) is 3.03. The van der Waals surface area contributed by atoms with Crippen LogP contribution in [-0.2, 0) is 6.42 Å². The third kappa shape index (κ3) is 2.35. The summed E-state index contributed by atoms with van der Waals surface area (Å²) in [4.78, 5) is 0.